The van der Waals surface area contributed by atoms with Crippen LogP contribution in [0.15, 0.2) is 36.5 Å². The zero-order valence-electron chi connectivity index (χ0n) is 22.4. The first-order valence-electron chi connectivity index (χ1n) is 13.2. The number of pyridine rings is 1. The van der Waals surface area contributed by atoms with E-state index in [1.165, 1.54) is 19.1 Å². The lowest BCUT2D eigenvalue weighted by atomic mass is 9.73. The Balaban J connectivity index is 1.49. The van der Waals surface area contributed by atoms with Gasteiger partial charge in [0, 0.05) is 44.8 Å². The highest BCUT2D eigenvalue weighted by molar-refractivity contribution is 5.73. The summed E-state index contributed by atoms with van der Waals surface area (Å²) in [5, 5.41) is 17.5. The van der Waals surface area contributed by atoms with E-state index in [0.29, 0.717) is 18.9 Å². The van der Waals surface area contributed by atoms with Crippen molar-refractivity contribution in [1.29, 1.82) is 0 Å². The number of aliphatic hydroxyl groups is 1. The lowest BCUT2D eigenvalue weighted by molar-refractivity contribution is -0.120. The van der Waals surface area contributed by atoms with E-state index in [1.807, 2.05) is 6.20 Å². The summed E-state index contributed by atoms with van der Waals surface area (Å²) in [6.07, 6.45) is 6.22. The van der Waals surface area contributed by atoms with E-state index in [1.54, 1.807) is 19.2 Å². The summed E-state index contributed by atoms with van der Waals surface area (Å²) in [5.41, 5.74) is 2.74. The predicted octanol–water partition coefficient (Wildman–Crippen LogP) is 3.88. The number of carbonyl (C=O) groups excluding carboxylic acids is 1. The van der Waals surface area contributed by atoms with Gasteiger partial charge in [0.05, 0.1) is 18.8 Å². The van der Waals surface area contributed by atoms with Gasteiger partial charge in [0.15, 0.2) is 0 Å². The van der Waals surface area contributed by atoms with Crippen molar-refractivity contribution < 1.29 is 23.8 Å². The average Bonchev–Trinajstić information content (AvgIpc) is 2.81. The van der Waals surface area contributed by atoms with Crippen LogP contribution in [0, 0.1) is 11.2 Å². The fraction of sp³-hybridized carbons (Fsp3) is 0.586. The number of rotatable bonds is 11. The molecule has 1 saturated carbocycles. The number of aliphatic hydroxyl groups excluding tert-OH is 1. The average molecular weight is 514 g/mol. The quantitative estimate of drug-likeness (QED) is 0.422. The number of aromatic nitrogens is 1. The largest absolute Gasteiger partial charge is 0.471 e. The minimum Gasteiger partial charge on any atom is -0.471 e. The third-order valence-electron chi connectivity index (χ3n) is 7.48. The third kappa shape index (κ3) is 7.06. The first-order valence-corrected chi connectivity index (χ1v) is 13.2. The molecule has 37 heavy (non-hydrogen) atoms. The normalized spacial score (nSPS) is 19.9. The highest BCUT2D eigenvalue weighted by Crippen LogP contribution is 2.48. The van der Waals surface area contributed by atoms with Crippen LogP contribution >= 0.6 is 0 Å². The van der Waals surface area contributed by atoms with Gasteiger partial charge in [-0.3, -0.25) is 4.79 Å². The number of halogens is 1. The van der Waals surface area contributed by atoms with Gasteiger partial charge in [0.2, 0.25) is 11.8 Å². The minimum absolute atomic E-state index is 0.0273. The number of nitrogens with zero attached hydrogens (tertiary/aromatic N) is 1. The Morgan fingerprint density at radius 2 is 2.03 bits per heavy atom. The van der Waals surface area contributed by atoms with E-state index in [4.69, 9.17) is 14.5 Å². The zero-order valence-corrected chi connectivity index (χ0v) is 22.4. The van der Waals surface area contributed by atoms with Crippen LogP contribution in [0.1, 0.15) is 69.2 Å². The Morgan fingerprint density at radius 3 is 2.65 bits per heavy atom. The van der Waals surface area contributed by atoms with E-state index in [9.17, 15) is 14.3 Å². The predicted molar refractivity (Wildman–Crippen MR) is 140 cm³/mol. The molecule has 2 heterocycles. The van der Waals surface area contributed by atoms with Crippen molar-refractivity contribution >= 4 is 5.91 Å². The number of amides is 1. The Kier molecular flexibility index (Phi) is 8.51. The van der Waals surface area contributed by atoms with Gasteiger partial charge in [-0.05, 0) is 66.8 Å². The maximum Gasteiger partial charge on any atom is 0.218 e. The van der Waals surface area contributed by atoms with Crippen LogP contribution in [0.5, 0.6) is 5.88 Å². The number of hydrogen-bond acceptors (Lipinski definition) is 6. The molecule has 8 heteroatoms. The number of nitrogens with one attached hydrogen (secondary N) is 2. The van der Waals surface area contributed by atoms with Crippen LogP contribution in [0.3, 0.4) is 0 Å². The number of ether oxygens (including phenoxy) is 2. The molecule has 1 aliphatic carbocycles. The Bertz CT molecular complexity index is 1070. The zero-order chi connectivity index (χ0) is 26.6. The summed E-state index contributed by atoms with van der Waals surface area (Å²) in [5.74, 6) is 0.128. The van der Waals surface area contributed by atoms with Crippen molar-refractivity contribution in [3.63, 3.8) is 0 Å². The van der Waals surface area contributed by atoms with Crippen LogP contribution in [-0.2, 0) is 22.4 Å². The second-order valence-corrected chi connectivity index (χ2v) is 11.5. The molecule has 4 rings (SSSR count). The molecule has 3 N–H and O–H groups in total. The lowest BCUT2D eigenvalue weighted by Crippen LogP contribution is -2.52. The second kappa shape index (κ2) is 11.5. The number of hydrogen-bond donors (Lipinski definition) is 3. The highest BCUT2D eigenvalue weighted by atomic mass is 19.1. The third-order valence-corrected chi connectivity index (χ3v) is 7.48. The number of carbonyl (C=O) groups is 1. The van der Waals surface area contributed by atoms with Gasteiger partial charge < -0.3 is 25.2 Å². The molecular weight excluding hydrogens is 473 g/mol. The smallest absolute Gasteiger partial charge is 0.218 e. The van der Waals surface area contributed by atoms with Crippen molar-refractivity contribution in [1.82, 2.24) is 15.6 Å². The van der Waals surface area contributed by atoms with E-state index in [-0.39, 0.29) is 35.3 Å². The standard InChI is InChI=1S/C29H40FN3O4/c1-19(34)33-24(13-20-6-8-22(30)9-7-20)26(35)17-31-25-15-29(10-5-11-29)37-27-23(25)12-21(16-32-27)14-28(2,3)18-36-4/h6-9,12,16,24-26,31,35H,5,10-11,13-15,17-18H2,1-4H3,(H,33,34)/t24-,25-,26+/m0/s1. The van der Waals surface area contributed by atoms with Crippen molar-refractivity contribution in [3.8, 4) is 5.88 Å². The van der Waals surface area contributed by atoms with Gasteiger partial charge in [0.1, 0.15) is 11.4 Å². The van der Waals surface area contributed by atoms with Crippen molar-refractivity contribution in [2.45, 2.75) is 83.1 Å². The highest BCUT2D eigenvalue weighted by Gasteiger charge is 2.46. The summed E-state index contributed by atoms with van der Waals surface area (Å²) in [6, 6.07) is 7.77. The summed E-state index contributed by atoms with van der Waals surface area (Å²) in [4.78, 5) is 16.6. The molecule has 0 unspecified atom stereocenters. The topological polar surface area (TPSA) is 92.7 Å². The molecule has 0 saturated heterocycles. The molecule has 1 fully saturated rings. The molecule has 7 nitrogen and oxygen atoms in total. The first kappa shape index (κ1) is 27.5. The van der Waals surface area contributed by atoms with Crippen LogP contribution in [-0.4, -0.2) is 54.0 Å². The first-order chi connectivity index (χ1) is 17.6. The van der Waals surface area contributed by atoms with Crippen molar-refractivity contribution in [3.05, 3.63) is 59.0 Å². The van der Waals surface area contributed by atoms with Gasteiger partial charge in [-0.15, -0.1) is 0 Å². The molecule has 3 atom stereocenters. The van der Waals surface area contributed by atoms with Gasteiger partial charge in [-0.1, -0.05) is 26.0 Å². The summed E-state index contributed by atoms with van der Waals surface area (Å²) < 4.78 is 25.1. The van der Waals surface area contributed by atoms with E-state index in [0.717, 1.165) is 48.8 Å². The number of benzene rings is 1. The molecule has 1 spiro atoms. The van der Waals surface area contributed by atoms with E-state index >= 15 is 0 Å². The van der Waals surface area contributed by atoms with Crippen molar-refractivity contribution in [2.24, 2.45) is 5.41 Å². The monoisotopic (exact) mass is 513 g/mol. The number of methoxy groups -OCH3 is 1. The SMILES string of the molecule is COCC(C)(C)Cc1cnc2c(c1)[C@@H](NC[C@@H](O)[C@H](Cc1ccc(F)cc1)NC(C)=O)CC1(CCC1)O2. The fourth-order valence-electron chi connectivity index (χ4n) is 5.55. The molecular formula is C29H40FN3O4. The minimum atomic E-state index is -0.839. The van der Waals surface area contributed by atoms with Crippen LogP contribution in [0.25, 0.3) is 0 Å². The fourth-order valence-corrected chi connectivity index (χ4v) is 5.55. The van der Waals surface area contributed by atoms with Gasteiger partial charge in [-0.25, -0.2) is 9.37 Å². The summed E-state index contributed by atoms with van der Waals surface area (Å²) >= 11 is 0. The summed E-state index contributed by atoms with van der Waals surface area (Å²) in [6.45, 7) is 6.71. The number of fused-ring (bicyclic) bond motifs is 1. The molecule has 1 aromatic heterocycles. The molecule has 1 amide bonds. The Morgan fingerprint density at radius 1 is 1.30 bits per heavy atom. The Hall–Kier alpha value is -2.55. The molecule has 202 valence electrons. The lowest BCUT2D eigenvalue weighted by Gasteiger charge is -2.47. The van der Waals surface area contributed by atoms with E-state index < -0.39 is 12.1 Å². The molecule has 2 aliphatic rings. The van der Waals surface area contributed by atoms with Gasteiger partial charge in [-0.2, -0.15) is 0 Å². The van der Waals surface area contributed by atoms with Gasteiger partial charge >= 0.3 is 0 Å². The molecule has 0 radical (unpaired) electrons. The maximum absolute atomic E-state index is 13.3. The van der Waals surface area contributed by atoms with Gasteiger partial charge in [0.25, 0.3) is 0 Å². The van der Waals surface area contributed by atoms with Crippen LogP contribution < -0.4 is 15.4 Å². The second-order valence-electron chi connectivity index (χ2n) is 11.5. The van der Waals surface area contributed by atoms with E-state index in [2.05, 4.69) is 30.5 Å². The van der Waals surface area contributed by atoms with Crippen LogP contribution in [0.2, 0.25) is 0 Å². The summed E-state index contributed by atoms with van der Waals surface area (Å²) in [7, 11) is 1.72. The van der Waals surface area contributed by atoms with Crippen LogP contribution in [0.4, 0.5) is 4.39 Å². The molecule has 0 bridgehead atoms. The molecule has 2 aromatic rings. The molecule has 1 aromatic carbocycles. The van der Waals surface area contributed by atoms with Crippen molar-refractivity contribution in [2.75, 3.05) is 20.3 Å². The molecule has 1 aliphatic heterocycles. The Labute approximate surface area is 219 Å². The maximum atomic E-state index is 13.3.